The number of halogens is 4. The number of carbonyl (C=O) groups is 2. The molecule has 1 aromatic heterocycles. The van der Waals surface area contributed by atoms with Crippen LogP contribution in [0.5, 0.6) is 0 Å². The third-order valence-electron chi connectivity index (χ3n) is 4.61. The highest BCUT2D eigenvalue weighted by molar-refractivity contribution is 8.26. The number of amides is 1. The summed E-state index contributed by atoms with van der Waals surface area (Å²) in [7, 11) is 0. The maximum atomic E-state index is 13.8. The first-order chi connectivity index (χ1) is 15.1. The van der Waals surface area contributed by atoms with Crippen molar-refractivity contribution in [3.05, 3.63) is 52.4 Å². The van der Waals surface area contributed by atoms with Gasteiger partial charge in [0.05, 0.1) is 10.5 Å². The number of nitrogens with zero attached hydrogens (tertiary/aromatic N) is 1. The van der Waals surface area contributed by atoms with Crippen molar-refractivity contribution < 1.29 is 36.7 Å². The number of carboxylic acids is 1. The molecule has 0 spiro atoms. The quantitative estimate of drug-likeness (QED) is 0.215. The lowest BCUT2D eigenvalue weighted by Gasteiger charge is -2.13. The molecule has 0 aliphatic carbocycles. The average Bonchev–Trinajstić information content (AvgIpc) is 3.26. The Bertz CT molecular complexity index is 1080. The van der Waals surface area contributed by atoms with Gasteiger partial charge in [-0.05, 0) is 37.1 Å². The lowest BCUT2D eigenvalue weighted by atomic mass is 10.1. The van der Waals surface area contributed by atoms with Crippen LogP contribution >= 0.6 is 24.0 Å². The van der Waals surface area contributed by atoms with Crippen LogP contribution in [0.15, 0.2) is 39.7 Å². The number of thiocarbonyl (C=S) groups is 1. The molecule has 0 saturated carbocycles. The minimum Gasteiger partial charge on any atom is -0.481 e. The normalized spacial score (nSPS) is 15.8. The molecular formula is C21H17F4NO4S2. The van der Waals surface area contributed by atoms with Crippen molar-refractivity contribution in [1.82, 2.24) is 4.90 Å². The number of unbranched alkanes of at least 4 members (excludes halogenated alkanes) is 2. The van der Waals surface area contributed by atoms with Crippen molar-refractivity contribution in [3.63, 3.8) is 0 Å². The van der Waals surface area contributed by atoms with Crippen LogP contribution in [0.1, 0.15) is 37.0 Å². The van der Waals surface area contributed by atoms with E-state index in [4.69, 9.17) is 21.7 Å². The molecule has 0 unspecified atom stereocenters. The maximum absolute atomic E-state index is 13.8. The number of thioether (sulfide) groups is 1. The summed E-state index contributed by atoms with van der Waals surface area (Å²) in [6.45, 7) is 0.371. The zero-order chi connectivity index (χ0) is 23.5. The Kier molecular flexibility index (Phi) is 7.40. The van der Waals surface area contributed by atoms with E-state index in [0.29, 0.717) is 41.1 Å². The van der Waals surface area contributed by atoms with Gasteiger partial charge in [-0.25, -0.2) is 4.39 Å². The number of hydrogen-bond donors (Lipinski definition) is 1. The zero-order valence-electron chi connectivity index (χ0n) is 16.4. The van der Waals surface area contributed by atoms with Crippen LogP contribution in [0.25, 0.3) is 17.4 Å². The summed E-state index contributed by atoms with van der Waals surface area (Å²) < 4.78 is 57.9. The number of carbonyl (C=O) groups excluding carboxylic acids is 1. The molecule has 5 nitrogen and oxygen atoms in total. The standard InChI is InChI=1S/C21H17F4NO4S2/c22-15-10-12(5-7-14(15)21(23,24)25)16-8-6-13(30-16)11-17-19(29)26(20(31)32-17)9-3-1-2-4-18(27)28/h5-8,10-11H,1-4,9H2,(H,27,28)/b17-11+. The highest BCUT2D eigenvalue weighted by Gasteiger charge is 2.34. The van der Waals surface area contributed by atoms with Crippen LogP contribution < -0.4 is 0 Å². The Balaban J connectivity index is 1.67. The Morgan fingerprint density at radius 2 is 1.94 bits per heavy atom. The van der Waals surface area contributed by atoms with Gasteiger partial charge in [0.25, 0.3) is 5.91 Å². The van der Waals surface area contributed by atoms with Crippen LogP contribution in [0, 0.1) is 5.82 Å². The second-order valence-electron chi connectivity index (χ2n) is 6.93. The maximum Gasteiger partial charge on any atom is 0.419 e. The molecule has 1 N–H and O–H groups in total. The van der Waals surface area contributed by atoms with Crippen molar-refractivity contribution in [2.75, 3.05) is 6.54 Å². The predicted octanol–water partition coefficient (Wildman–Crippen LogP) is 5.95. The van der Waals surface area contributed by atoms with Gasteiger partial charge in [0, 0.05) is 24.6 Å². The van der Waals surface area contributed by atoms with Gasteiger partial charge in [-0.1, -0.05) is 36.5 Å². The Hall–Kier alpha value is -2.66. The number of alkyl halides is 3. The number of benzene rings is 1. The summed E-state index contributed by atoms with van der Waals surface area (Å²) >= 11 is 6.32. The van der Waals surface area contributed by atoms with Gasteiger partial charge < -0.3 is 9.52 Å². The highest BCUT2D eigenvalue weighted by Crippen LogP contribution is 2.36. The zero-order valence-corrected chi connectivity index (χ0v) is 18.1. The summed E-state index contributed by atoms with van der Waals surface area (Å²) in [4.78, 5) is 24.9. The molecule has 32 heavy (non-hydrogen) atoms. The minimum absolute atomic E-state index is 0.0714. The fourth-order valence-corrected chi connectivity index (χ4v) is 4.32. The Morgan fingerprint density at radius 1 is 1.19 bits per heavy atom. The van der Waals surface area contributed by atoms with E-state index in [1.165, 1.54) is 23.1 Å². The topological polar surface area (TPSA) is 70.8 Å². The predicted molar refractivity (Wildman–Crippen MR) is 115 cm³/mol. The molecule has 0 radical (unpaired) electrons. The number of carboxylic acid groups (broad SMARTS) is 1. The van der Waals surface area contributed by atoms with Gasteiger partial charge in [-0.3, -0.25) is 14.5 Å². The first kappa shape index (κ1) is 24.0. The summed E-state index contributed by atoms with van der Waals surface area (Å²) in [6, 6.07) is 5.49. The van der Waals surface area contributed by atoms with Crippen molar-refractivity contribution >= 4 is 46.3 Å². The molecule has 2 aromatic rings. The van der Waals surface area contributed by atoms with E-state index >= 15 is 0 Å². The van der Waals surface area contributed by atoms with E-state index in [1.807, 2.05) is 0 Å². The smallest absolute Gasteiger partial charge is 0.419 e. The molecule has 2 heterocycles. The van der Waals surface area contributed by atoms with Gasteiger partial charge in [0.1, 0.15) is 21.7 Å². The molecule has 1 aromatic carbocycles. The Morgan fingerprint density at radius 3 is 2.59 bits per heavy atom. The van der Waals surface area contributed by atoms with Crippen LogP contribution in [-0.4, -0.2) is 32.7 Å². The van der Waals surface area contributed by atoms with Gasteiger partial charge in [-0.2, -0.15) is 13.2 Å². The van der Waals surface area contributed by atoms with Gasteiger partial charge >= 0.3 is 12.1 Å². The molecule has 170 valence electrons. The summed E-state index contributed by atoms with van der Waals surface area (Å²) in [5, 5.41) is 8.65. The van der Waals surface area contributed by atoms with Crippen molar-refractivity contribution in [1.29, 1.82) is 0 Å². The Labute approximate surface area is 190 Å². The summed E-state index contributed by atoms with van der Waals surface area (Å²) in [5.74, 6) is -2.16. The first-order valence-corrected chi connectivity index (χ1v) is 10.7. The number of hydrogen-bond acceptors (Lipinski definition) is 5. The number of furan rings is 1. The van der Waals surface area contributed by atoms with Gasteiger partial charge in [-0.15, -0.1) is 0 Å². The van der Waals surface area contributed by atoms with E-state index in [0.717, 1.165) is 23.9 Å². The van der Waals surface area contributed by atoms with Crippen molar-refractivity contribution in [3.8, 4) is 11.3 Å². The molecule has 1 aliphatic rings. The largest absolute Gasteiger partial charge is 0.481 e. The fourth-order valence-electron chi connectivity index (χ4n) is 3.03. The fraction of sp³-hybridized carbons (Fsp3) is 0.286. The van der Waals surface area contributed by atoms with E-state index in [2.05, 4.69) is 0 Å². The highest BCUT2D eigenvalue weighted by atomic mass is 32.2. The molecule has 11 heteroatoms. The second kappa shape index (κ2) is 9.86. The van der Waals surface area contributed by atoms with Gasteiger partial charge in [0.15, 0.2) is 0 Å². The van der Waals surface area contributed by atoms with Crippen molar-refractivity contribution in [2.45, 2.75) is 31.9 Å². The number of aliphatic carboxylic acids is 1. The third-order valence-corrected chi connectivity index (χ3v) is 5.98. The summed E-state index contributed by atoms with van der Waals surface area (Å²) in [5.41, 5.74) is -1.23. The molecular weight excluding hydrogens is 470 g/mol. The van der Waals surface area contributed by atoms with Gasteiger partial charge in [0.2, 0.25) is 0 Å². The monoisotopic (exact) mass is 487 g/mol. The van der Waals surface area contributed by atoms with Crippen LogP contribution in [-0.2, 0) is 15.8 Å². The molecule has 1 fully saturated rings. The summed E-state index contributed by atoms with van der Waals surface area (Å²) in [6.07, 6.45) is -1.48. The molecule has 1 amide bonds. The molecule has 3 rings (SSSR count). The SMILES string of the molecule is O=C(O)CCCCCN1C(=O)/C(=C\c2ccc(-c3ccc(C(F)(F)F)c(F)c3)o2)SC1=S. The van der Waals surface area contributed by atoms with E-state index < -0.39 is 23.5 Å². The van der Waals surface area contributed by atoms with Crippen LogP contribution in [0.3, 0.4) is 0 Å². The third kappa shape index (κ3) is 5.77. The average molecular weight is 487 g/mol. The number of rotatable bonds is 8. The van der Waals surface area contributed by atoms with Crippen LogP contribution in [0.2, 0.25) is 0 Å². The molecule has 0 atom stereocenters. The van der Waals surface area contributed by atoms with Crippen molar-refractivity contribution in [2.24, 2.45) is 0 Å². The van der Waals surface area contributed by atoms with E-state index in [-0.39, 0.29) is 29.4 Å². The lowest BCUT2D eigenvalue weighted by molar-refractivity contribution is -0.140. The molecule has 1 saturated heterocycles. The molecule has 0 bridgehead atoms. The van der Waals surface area contributed by atoms with E-state index in [9.17, 15) is 27.2 Å². The second-order valence-corrected chi connectivity index (χ2v) is 8.61. The van der Waals surface area contributed by atoms with E-state index in [1.54, 1.807) is 0 Å². The van der Waals surface area contributed by atoms with Crippen LogP contribution in [0.4, 0.5) is 17.6 Å². The lowest BCUT2D eigenvalue weighted by Crippen LogP contribution is -2.29. The first-order valence-electron chi connectivity index (χ1n) is 9.50. The minimum atomic E-state index is -4.79. The molecule has 1 aliphatic heterocycles.